The average Bonchev–Trinajstić information content (AvgIpc) is 2.58. The van der Waals surface area contributed by atoms with Crippen molar-refractivity contribution in [3.63, 3.8) is 0 Å². The van der Waals surface area contributed by atoms with Crippen LogP contribution in [0.5, 0.6) is 0 Å². The fraction of sp³-hybridized carbons (Fsp3) is 0.550. The molecule has 0 saturated heterocycles. The predicted molar refractivity (Wildman–Crippen MR) is 98.2 cm³/mol. The van der Waals surface area contributed by atoms with E-state index >= 15 is 0 Å². The standard InChI is InChI=1S/C20H29NO4/c1-14(2)18(22)11-8-12-19(23)25-13-16-9-6-7-10-17(16)21(5)20(24)15(3)4/h6-7,9-10,14-15H,8,11-13H2,1-5H3. The lowest BCUT2D eigenvalue weighted by Gasteiger charge is -2.22. The summed E-state index contributed by atoms with van der Waals surface area (Å²) in [6, 6.07) is 7.38. The summed E-state index contributed by atoms with van der Waals surface area (Å²) in [6.07, 6.45) is 1.12. The summed E-state index contributed by atoms with van der Waals surface area (Å²) in [4.78, 5) is 37.2. The number of Topliss-reactive ketones (excluding diaryl/α,β-unsaturated/α-hetero) is 1. The van der Waals surface area contributed by atoms with E-state index in [1.54, 1.807) is 11.9 Å². The molecule has 5 heteroatoms. The number of anilines is 1. The Balaban J connectivity index is 2.59. The number of carbonyl (C=O) groups excluding carboxylic acids is 3. The second-order valence-electron chi connectivity index (χ2n) is 6.82. The van der Waals surface area contributed by atoms with Crippen molar-refractivity contribution in [1.82, 2.24) is 0 Å². The van der Waals surface area contributed by atoms with E-state index in [0.29, 0.717) is 12.8 Å². The summed E-state index contributed by atoms with van der Waals surface area (Å²) in [5, 5.41) is 0. The van der Waals surface area contributed by atoms with Gasteiger partial charge in [0, 0.05) is 43.0 Å². The molecule has 5 nitrogen and oxygen atoms in total. The lowest BCUT2D eigenvalue weighted by molar-refractivity contribution is -0.145. The number of esters is 1. The number of hydrogen-bond donors (Lipinski definition) is 0. The first kappa shape index (κ1) is 20.9. The molecule has 1 aromatic carbocycles. The maximum absolute atomic E-state index is 12.2. The molecule has 0 fully saturated rings. The number of ketones is 1. The van der Waals surface area contributed by atoms with Crippen LogP contribution in [-0.4, -0.2) is 24.7 Å². The number of nitrogens with zero attached hydrogens (tertiary/aromatic N) is 1. The molecule has 0 aliphatic carbocycles. The highest BCUT2D eigenvalue weighted by atomic mass is 16.5. The summed E-state index contributed by atoms with van der Waals surface area (Å²) in [6.45, 7) is 7.52. The van der Waals surface area contributed by atoms with E-state index < -0.39 is 0 Å². The topological polar surface area (TPSA) is 63.7 Å². The molecule has 0 bridgehead atoms. The van der Waals surface area contributed by atoms with E-state index in [1.807, 2.05) is 52.0 Å². The third-order valence-electron chi connectivity index (χ3n) is 4.01. The molecule has 0 aliphatic heterocycles. The normalized spacial score (nSPS) is 10.8. The van der Waals surface area contributed by atoms with Crippen LogP contribution in [0.25, 0.3) is 0 Å². The molecule has 0 radical (unpaired) electrons. The van der Waals surface area contributed by atoms with Gasteiger partial charge < -0.3 is 9.64 Å². The molecule has 1 amide bonds. The van der Waals surface area contributed by atoms with Crippen molar-refractivity contribution in [3.05, 3.63) is 29.8 Å². The van der Waals surface area contributed by atoms with Crippen molar-refractivity contribution in [3.8, 4) is 0 Å². The van der Waals surface area contributed by atoms with Gasteiger partial charge in [0.1, 0.15) is 12.4 Å². The zero-order valence-electron chi connectivity index (χ0n) is 15.9. The van der Waals surface area contributed by atoms with Crippen LogP contribution in [0.2, 0.25) is 0 Å². The molecule has 25 heavy (non-hydrogen) atoms. The van der Waals surface area contributed by atoms with Crippen LogP contribution in [0.1, 0.15) is 52.5 Å². The minimum absolute atomic E-state index is 0.00284. The minimum atomic E-state index is -0.329. The lowest BCUT2D eigenvalue weighted by Crippen LogP contribution is -2.31. The Morgan fingerprint density at radius 2 is 1.64 bits per heavy atom. The van der Waals surface area contributed by atoms with Gasteiger partial charge in [-0.05, 0) is 12.5 Å². The molecule has 1 rings (SSSR count). The predicted octanol–water partition coefficient (Wildman–Crippen LogP) is 3.74. The summed E-state index contributed by atoms with van der Waals surface area (Å²) in [5.74, 6) is -0.279. The maximum atomic E-state index is 12.2. The van der Waals surface area contributed by atoms with Crippen molar-refractivity contribution in [2.45, 2.75) is 53.6 Å². The van der Waals surface area contributed by atoms with Gasteiger partial charge in [-0.2, -0.15) is 0 Å². The van der Waals surface area contributed by atoms with E-state index in [1.165, 1.54) is 0 Å². The van der Waals surface area contributed by atoms with E-state index in [2.05, 4.69) is 0 Å². The number of hydrogen-bond acceptors (Lipinski definition) is 4. The van der Waals surface area contributed by atoms with Crippen LogP contribution in [0.3, 0.4) is 0 Å². The Morgan fingerprint density at radius 3 is 2.24 bits per heavy atom. The first-order valence-corrected chi connectivity index (χ1v) is 8.77. The Bertz CT molecular complexity index is 607. The Kier molecular flexibility index (Phi) is 8.32. The van der Waals surface area contributed by atoms with Crippen molar-refractivity contribution in [2.75, 3.05) is 11.9 Å². The number of rotatable bonds is 9. The average molecular weight is 347 g/mol. The molecular weight excluding hydrogens is 318 g/mol. The number of carbonyl (C=O) groups is 3. The van der Waals surface area contributed by atoms with Gasteiger partial charge in [0.2, 0.25) is 5.91 Å². The van der Waals surface area contributed by atoms with Crippen LogP contribution in [0.4, 0.5) is 5.69 Å². The maximum Gasteiger partial charge on any atom is 0.306 e. The van der Waals surface area contributed by atoms with E-state index in [9.17, 15) is 14.4 Å². The van der Waals surface area contributed by atoms with Crippen molar-refractivity contribution >= 4 is 23.3 Å². The van der Waals surface area contributed by atoms with Crippen molar-refractivity contribution < 1.29 is 19.1 Å². The fourth-order valence-corrected chi connectivity index (χ4v) is 2.39. The van der Waals surface area contributed by atoms with Crippen molar-refractivity contribution in [2.24, 2.45) is 11.8 Å². The number of benzene rings is 1. The van der Waals surface area contributed by atoms with Crippen LogP contribution >= 0.6 is 0 Å². The molecule has 0 spiro atoms. The van der Waals surface area contributed by atoms with Gasteiger partial charge in [0.15, 0.2) is 0 Å². The van der Waals surface area contributed by atoms with Gasteiger partial charge in [-0.15, -0.1) is 0 Å². The van der Waals surface area contributed by atoms with Gasteiger partial charge in [-0.3, -0.25) is 14.4 Å². The van der Waals surface area contributed by atoms with E-state index in [0.717, 1.165) is 11.3 Å². The largest absolute Gasteiger partial charge is 0.461 e. The summed E-state index contributed by atoms with van der Waals surface area (Å²) >= 11 is 0. The van der Waals surface area contributed by atoms with E-state index in [-0.39, 0.29) is 42.5 Å². The molecular formula is C20H29NO4. The number of ether oxygens (including phenoxy) is 1. The molecule has 138 valence electrons. The molecule has 0 N–H and O–H groups in total. The number of para-hydroxylation sites is 1. The van der Waals surface area contributed by atoms with Crippen LogP contribution in [0, 0.1) is 11.8 Å². The molecule has 0 heterocycles. The Hall–Kier alpha value is -2.17. The van der Waals surface area contributed by atoms with Gasteiger partial charge in [-0.1, -0.05) is 45.9 Å². The highest BCUT2D eigenvalue weighted by Crippen LogP contribution is 2.22. The zero-order valence-corrected chi connectivity index (χ0v) is 15.9. The Labute approximate surface area is 150 Å². The first-order chi connectivity index (χ1) is 11.7. The quantitative estimate of drug-likeness (QED) is 0.638. The second kappa shape index (κ2) is 9.97. The molecule has 0 saturated carbocycles. The number of amides is 1. The molecule has 0 atom stereocenters. The smallest absolute Gasteiger partial charge is 0.306 e. The van der Waals surface area contributed by atoms with Gasteiger partial charge >= 0.3 is 5.97 Å². The SMILES string of the molecule is CC(C)C(=O)CCCC(=O)OCc1ccccc1N(C)C(=O)C(C)C. The lowest BCUT2D eigenvalue weighted by atomic mass is 10.0. The molecule has 0 aromatic heterocycles. The monoisotopic (exact) mass is 347 g/mol. The highest BCUT2D eigenvalue weighted by Gasteiger charge is 2.18. The van der Waals surface area contributed by atoms with Gasteiger partial charge in [0.25, 0.3) is 0 Å². The first-order valence-electron chi connectivity index (χ1n) is 8.77. The van der Waals surface area contributed by atoms with E-state index in [4.69, 9.17) is 4.74 Å². The molecule has 1 aromatic rings. The summed E-state index contributed by atoms with van der Waals surface area (Å²) in [7, 11) is 1.72. The van der Waals surface area contributed by atoms with Crippen LogP contribution in [-0.2, 0) is 25.7 Å². The fourth-order valence-electron chi connectivity index (χ4n) is 2.39. The third kappa shape index (κ3) is 6.69. The minimum Gasteiger partial charge on any atom is -0.461 e. The zero-order chi connectivity index (χ0) is 19.0. The molecule has 0 unspecified atom stereocenters. The molecule has 0 aliphatic rings. The van der Waals surface area contributed by atoms with Crippen molar-refractivity contribution in [1.29, 1.82) is 0 Å². The van der Waals surface area contributed by atoms with Gasteiger partial charge in [-0.25, -0.2) is 0 Å². The van der Waals surface area contributed by atoms with Crippen LogP contribution < -0.4 is 4.90 Å². The third-order valence-corrected chi connectivity index (χ3v) is 4.01. The second-order valence-corrected chi connectivity index (χ2v) is 6.82. The van der Waals surface area contributed by atoms with Gasteiger partial charge in [0.05, 0.1) is 0 Å². The summed E-state index contributed by atoms with van der Waals surface area (Å²) < 4.78 is 5.31. The highest BCUT2D eigenvalue weighted by molar-refractivity contribution is 5.94. The summed E-state index contributed by atoms with van der Waals surface area (Å²) in [5.41, 5.74) is 1.52. The van der Waals surface area contributed by atoms with Crippen LogP contribution in [0.15, 0.2) is 24.3 Å². The Morgan fingerprint density at radius 1 is 1.00 bits per heavy atom.